The fraction of sp³-hybridized carbons (Fsp3) is 0.364. The average molecular weight is 445 g/mol. The van der Waals surface area contributed by atoms with E-state index in [0.29, 0.717) is 37.1 Å². The maximum Gasteiger partial charge on any atom is 0.262 e. The molecule has 0 spiro atoms. The van der Waals surface area contributed by atoms with Crippen LogP contribution in [0.1, 0.15) is 31.2 Å². The van der Waals surface area contributed by atoms with Crippen molar-refractivity contribution in [2.24, 2.45) is 4.99 Å². The molecule has 0 radical (unpaired) electrons. The van der Waals surface area contributed by atoms with E-state index in [2.05, 4.69) is 15.0 Å². The molecule has 31 heavy (non-hydrogen) atoms. The summed E-state index contributed by atoms with van der Waals surface area (Å²) in [7, 11) is -3.75. The number of halogens is 1. The van der Waals surface area contributed by atoms with Crippen molar-refractivity contribution in [2.45, 2.75) is 43.2 Å². The lowest BCUT2D eigenvalue weighted by atomic mass is 10.2. The minimum atomic E-state index is -3.75. The Hall–Kier alpha value is -2.78. The topological polar surface area (TPSA) is 90.9 Å². The number of anilines is 1. The molecule has 2 aliphatic rings. The second-order valence-electron chi connectivity index (χ2n) is 7.88. The molecule has 0 aromatic heterocycles. The number of amidine groups is 1. The summed E-state index contributed by atoms with van der Waals surface area (Å²) < 4.78 is 41.2. The molecule has 1 fully saturated rings. The summed E-state index contributed by atoms with van der Waals surface area (Å²) in [4.78, 5) is 18.9. The quantitative estimate of drug-likeness (QED) is 0.655. The highest BCUT2D eigenvalue weighted by Crippen LogP contribution is 2.28. The van der Waals surface area contributed by atoms with Gasteiger partial charge in [0.15, 0.2) is 0 Å². The van der Waals surface area contributed by atoms with Gasteiger partial charge in [0.2, 0.25) is 5.91 Å². The van der Waals surface area contributed by atoms with Crippen LogP contribution in [-0.2, 0) is 21.4 Å². The van der Waals surface area contributed by atoms with Crippen molar-refractivity contribution in [3.63, 3.8) is 0 Å². The molecule has 0 saturated heterocycles. The Morgan fingerprint density at radius 3 is 2.68 bits per heavy atom. The van der Waals surface area contributed by atoms with Gasteiger partial charge in [0.05, 0.1) is 11.4 Å². The van der Waals surface area contributed by atoms with Gasteiger partial charge in [-0.05, 0) is 55.2 Å². The van der Waals surface area contributed by atoms with Crippen LogP contribution in [0.25, 0.3) is 0 Å². The zero-order valence-electron chi connectivity index (χ0n) is 17.1. The van der Waals surface area contributed by atoms with Crippen LogP contribution >= 0.6 is 0 Å². The second kappa shape index (κ2) is 9.15. The molecule has 4 rings (SSSR count). The normalized spacial score (nSPS) is 16.3. The number of hydrogen-bond donors (Lipinski definition) is 2. The van der Waals surface area contributed by atoms with Crippen molar-refractivity contribution in [1.82, 2.24) is 9.62 Å². The molecule has 9 heteroatoms. The smallest absolute Gasteiger partial charge is 0.262 e. The van der Waals surface area contributed by atoms with Gasteiger partial charge in [0, 0.05) is 31.2 Å². The van der Waals surface area contributed by atoms with E-state index >= 15 is 0 Å². The van der Waals surface area contributed by atoms with E-state index in [0.717, 1.165) is 24.8 Å². The van der Waals surface area contributed by atoms with Gasteiger partial charge >= 0.3 is 0 Å². The Morgan fingerprint density at radius 2 is 1.97 bits per heavy atom. The van der Waals surface area contributed by atoms with Gasteiger partial charge in [-0.2, -0.15) is 0 Å². The zero-order valence-corrected chi connectivity index (χ0v) is 17.9. The first-order valence-corrected chi connectivity index (χ1v) is 11.8. The fourth-order valence-corrected chi connectivity index (χ4v) is 4.72. The molecule has 0 unspecified atom stereocenters. The van der Waals surface area contributed by atoms with E-state index in [9.17, 15) is 17.6 Å². The first kappa shape index (κ1) is 21.5. The molecule has 7 nitrogen and oxygen atoms in total. The average Bonchev–Trinajstić information content (AvgIpc) is 3.45. The molecule has 1 aliphatic carbocycles. The third-order valence-corrected chi connectivity index (χ3v) is 6.62. The summed E-state index contributed by atoms with van der Waals surface area (Å²) in [5.74, 6) is -0.0780. The number of carbonyl (C=O) groups is 1. The lowest BCUT2D eigenvalue weighted by Gasteiger charge is -2.21. The first-order chi connectivity index (χ1) is 14.9. The Labute approximate surface area is 181 Å². The number of rotatable bonds is 8. The lowest BCUT2D eigenvalue weighted by Crippen LogP contribution is -2.34. The number of nitrogens with zero attached hydrogens (tertiary/aromatic N) is 2. The van der Waals surface area contributed by atoms with Crippen LogP contribution in [-0.4, -0.2) is 44.2 Å². The van der Waals surface area contributed by atoms with Gasteiger partial charge in [-0.15, -0.1) is 0 Å². The van der Waals surface area contributed by atoms with Crippen molar-refractivity contribution in [1.29, 1.82) is 0 Å². The highest BCUT2D eigenvalue weighted by atomic mass is 32.2. The zero-order chi connectivity index (χ0) is 21.8. The van der Waals surface area contributed by atoms with E-state index < -0.39 is 10.0 Å². The predicted molar refractivity (Wildman–Crippen MR) is 117 cm³/mol. The minimum Gasteiger partial charge on any atom is -0.325 e. The van der Waals surface area contributed by atoms with Crippen LogP contribution in [0.5, 0.6) is 0 Å². The Kier molecular flexibility index (Phi) is 6.33. The summed E-state index contributed by atoms with van der Waals surface area (Å²) in [6, 6.07) is 12.8. The van der Waals surface area contributed by atoms with Gasteiger partial charge < -0.3 is 5.32 Å². The lowest BCUT2D eigenvalue weighted by molar-refractivity contribution is -0.117. The maximum absolute atomic E-state index is 13.5. The molecule has 2 aromatic rings. The Bertz CT molecular complexity index is 1100. The molecule has 1 saturated carbocycles. The molecule has 164 valence electrons. The van der Waals surface area contributed by atoms with E-state index in [1.54, 1.807) is 18.2 Å². The maximum atomic E-state index is 13.5. The second-order valence-corrected chi connectivity index (χ2v) is 9.56. The number of hydrogen-bond acceptors (Lipinski definition) is 5. The van der Waals surface area contributed by atoms with Gasteiger partial charge in [-0.3, -0.25) is 19.4 Å². The van der Waals surface area contributed by atoms with Crippen LogP contribution < -0.4 is 10.0 Å². The standard InChI is InChI=1S/C22H25FN4O3S/c23-17-5-1-4-16(12-17)14-27(19-9-10-19)15-22(28)25-18-6-2-7-20(13-18)31(29,30)26-21-8-3-11-24-21/h1-2,4-7,12-13,19H,3,8-11,14-15H2,(H,24,26)(H,25,28). The van der Waals surface area contributed by atoms with Gasteiger partial charge in [-0.1, -0.05) is 18.2 Å². The predicted octanol–water partition coefficient (Wildman–Crippen LogP) is 2.90. The van der Waals surface area contributed by atoms with Crippen LogP contribution in [0.15, 0.2) is 58.4 Å². The van der Waals surface area contributed by atoms with E-state index in [1.165, 1.54) is 24.3 Å². The number of benzene rings is 2. The van der Waals surface area contributed by atoms with Crippen LogP contribution in [0.2, 0.25) is 0 Å². The van der Waals surface area contributed by atoms with Crippen LogP contribution in [0, 0.1) is 5.82 Å². The molecule has 2 N–H and O–H groups in total. The first-order valence-electron chi connectivity index (χ1n) is 10.3. The molecular weight excluding hydrogens is 419 g/mol. The van der Waals surface area contributed by atoms with Gasteiger partial charge in [-0.25, -0.2) is 12.8 Å². The number of carbonyl (C=O) groups excluding carboxylic acids is 1. The number of aliphatic imine (C=N–C) groups is 1. The summed E-state index contributed by atoms with van der Waals surface area (Å²) in [5, 5.41) is 2.78. The SMILES string of the molecule is O=C(CN(Cc1cccc(F)c1)C1CC1)Nc1cccc(S(=O)(=O)NC2=NCCC2)c1. The molecule has 1 heterocycles. The minimum absolute atomic E-state index is 0.0682. The number of sulfonamides is 1. The summed E-state index contributed by atoms with van der Waals surface area (Å²) in [6.45, 7) is 1.25. The molecule has 1 aliphatic heterocycles. The summed E-state index contributed by atoms with van der Waals surface area (Å²) >= 11 is 0. The highest BCUT2D eigenvalue weighted by molar-refractivity contribution is 7.90. The van der Waals surface area contributed by atoms with E-state index in [1.807, 2.05) is 11.0 Å². The van der Waals surface area contributed by atoms with Crippen LogP contribution in [0.3, 0.4) is 0 Å². The molecule has 1 amide bonds. The van der Waals surface area contributed by atoms with Crippen molar-refractivity contribution in [3.05, 3.63) is 59.9 Å². The summed E-state index contributed by atoms with van der Waals surface area (Å²) in [5.41, 5.74) is 1.22. The molecule has 0 bridgehead atoms. The van der Waals surface area contributed by atoms with Gasteiger partial charge in [0.1, 0.15) is 11.7 Å². The number of nitrogens with one attached hydrogen (secondary N) is 2. The van der Waals surface area contributed by atoms with Crippen LogP contribution in [0.4, 0.5) is 10.1 Å². The monoisotopic (exact) mass is 444 g/mol. The van der Waals surface area contributed by atoms with E-state index in [4.69, 9.17) is 0 Å². The Balaban J connectivity index is 1.40. The third-order valence-electron chi connectivity index (χ3n) is 5.24. The Morgan fingerprint density at radius 1 is 1.16 bits per heavy atom. The summed E-state index contributed by atoms with van der Waals surface area (Å²) in [6.07, 6.45) is 3.46. The van der Waals surface area contributed by atoms with E-state index in [-0.39, 0.29) is 23.2 Å². The van der Waals surface area contributed by atoms with Crippen molar-refractivity contribution < 1.29 is 17.6 Å². The highest BCUT2D eigenvalue weighted by Gasteiger charge is 2.30. The van der Waals surface area contributed by atoms with Crippen molar-refractivity contribution >= 4 is 27.5 Å². The largest absolute Gasteiger partial charge is 0.325 e. The molecule has 2 aromatic carbocycles. The van der Waals surface area contributed by atoms with Gasteiger partial charge in [0.25, 0.3) is 10.0 Å². The molecular formula is C22H25FN4O3S. The third kappa shape index (κ3) is 5.89. The number of amides is 1. The van der Waals surface area contributed by atoms with Crippen molar-refractivity contribution in [2.75, 3.05) is 18.4 Å². The van der Waals surface area contributed by atoms with Crippen molar-refractivity contribution in [3.8, 4) is 0 Å². The fourth-order valence-electron chi connectivity index (χ4n) is 3.59. The molecule has 0 atom stereocenters.